The minimum Gasteiger partial charge on any atom is -1.00 e. The molecule has 0 spiro atoms. The first-order valence-electron chi connectivity index (χ1n) is 3.36. The van der Waals surface area contributed by atoms with Crippen molar-refractivity contribution < 1.29 is 54.7 Å². The van der Waals surface area contributed by atoms with Crippen molar-refractivity contribution in [1.29, 1.82) is 0 Å². The van der Waals surface area contributed by atoms with Gasteiger partial charge in [0, 0.05) is 6.61 Å². The molecule has 70 valence electrons. The summed E-state index contributed by atoms with van der Waals surface area (Å²) in [5.41, 5.74) is 0. The monoisotopic (exact) mass is 224 g/mol. The first-order chi connectivity index (χ1) is 5.00. The van der Waals surface area contributed by atoms with E-state index in [0.717, 1.165) is 6.61 Å². The van der Waals surface area contributed by atoms with Gasteiger partial charge in [0.1, 0.15) is 0 Å². The van der Waals surface area contributed by atoms with Gasteiger partial charge < -0.3 is 20.5 Å². The molecule has 0 aromatic carbocycles. The molecule has 0 radical (unpaired) electrons. The van der Waals surface area contributed by atoms with Crippen LogP contribution in [0.5, 0.6) is 0 Å². The van der Waals surface area contributed by atoms with Crippen LogP contribution in [0.4, 0.5) is 0 Å². The van der Waals surface area contributed by atoms with Crippen LogP contribution < -0.4 is 29.6 Å². The average molecular weight is 224 g/mol. The zero-order valence-corrected chi connectivity index (χ0v) is 11.4. The van der Waals surface area contributed by atoms with Gasteiger partial charge in [-0.05, 0) is 12.5 Å². The second kappa shape index (κ2) is 8.87. The van der Waals surface area contributed by atoms with E-state index >= 15 is 0 Å². The molecule has 1 heterocycles. The number of phosphoric acid groups is 1. The summed E-state index contributed by atoms with van der Waals surface area (Å²) in [5.74, 6) is 0. The molecule has 0 aliphatic carbocycles. The molecule has 0 bridgehead atoms. The zero-order valence-electron chi connectivity index (χ0n) is 8.14. The van der Waals surface area contributed by atoms with Gasteiger partial charge in [0.05, 0.1) is 0 Å². The summed E-state index contributed by atoms with van der Waals surface area (Å²) < 4.78 is 14.1. The normalized spacial score (nSPS) is 18.9. The molecule has 1 rings (SSSR count). The summed E-state index contributed by atoms with van der Waals surface area (Å²) in [6.07, 6.45) is 2.75. The van der Waals surface area contributed by atoms with Crippen molar-refractivity contribution in [2.24, 2.45) is 0 Å². The summed E-state index contributed by atoms with van der Waals surface area (Å²) in [5, 5.41) is 0. The van der Waals surface area contributed by atoms with Gasteiger partial charge in [0.15, 0.2) is 9.76 Å². The van der Waals surface area contributed by atoms with Crippen LogP contribution >= 0.6 is 7.82 Å². The molecule has 0 aromatic rings. The average Bonchev–Trinajstić information content (AvgIpc) is 1.88. The SMILES string of the molecule is C1CC[SiH2]OC1.O=P(O)(O)O.[H-].[Na+]. The van der Waals surface area contributed by atoms with Crippen molar-refractivity contribution in [2.75, 3.05) is 6.61 Å². The molecule has 5 nitrogen and oxygen atoms in total. The van der Waals surface area contributed by atoms with Gasteiger partial charge in [-0.15, -0.1) is 0 Å². The van der Waals surface area contributed by atoms with Crippen molar-refractivity contribution in [3.05, 3.63) is 0 Å². The molecule has 0 saturated carbocycles. The molecular weight excluding hydrogens is 210 g/mol. The van der Waals surface area contributed by atoms with Crippen LogP contribution in [-0.4, -0.2) is 31.1 Å². The first-order valence-corrected chi connectivity index (χ1v) is 6.50. The maximum atomic E-state index is 8.88. The molecule has 1 fully saturated rings. The minimum absolute atomic E-state index is 0. The zero-order chi connectivity index (χ0) is 8.74. The van der Waals surface area contributed by atoms with Crippen molar-refractivity contribution in [3.8, 4) is 0 Å². The van der Waals surface area contributed by atoms with Gasteiger partial charge >= 0.3 is 37.4 Å². The van der Waals surface area contributed by atoms with Crippen LogP contribution in [-0.2, 0) is 8.99 Å². The van der Waals surface area contributed by atoms with Crippen LogP contribution in [0.2, 0.25) is 6.04 Å². The number of rotatable bonds is 0. The molecule has 8 heteroatoms. The molecule has 0 atom stereocenters. The van der Waals surface area contributed by atoms with Crippen LogP contribution in [0.25, 0.3) is 0 Å². The summed E-state index contributed by atoms with van der Waals surface area (Å²) >= 11 is 0. The summed E-state index contributed by atoms with van der Waals surface area (Å²) in [6, 6.07) is 1.42. The van der Waals surface area contributed by atoms with Gasteiger partial charge in [-0.25, -0.2) is 4.57 Å². The third-order valence-corrected chi connectivity index (χ3v) is 2.44. The Morgan fingerprint density at radius 1 is 1.33 bits per heavy atom. The predicted molar refractivity (Wildman–Crippen MR) is 43.9 cm³/mol. The molecule has 0 unspecified atom stereocenters. The summed E-state index contributed by atoms with van der Waals surface area (Å²) in [4.78, 5) is 21.6. The van der Waals surface area contributed by atoms with Gasteiger partial charge in [-0.2, -0.15) is 0 Å². The minimum atomic E-state index is -4.64. The Kier molecular flexibility index (Phi) is 11.6. The molecule has 12 heavy (non-hydrogen) atoms. The second-order valence-electron chi connectivity index (χ2n) is 2.19. The predicted octanol–water partition coefficient (Wildman–Crippen LogP) is -3.51. The Hall–Kier alpha value is 1.29. The summed E-state index contributed by atoms with van der Waals surface area (Å²) in [7, 11) is -4.63. The standard InChI is InChI=1S/C4H10OSi.Na.H3O4P.H/c1-2-4-6-5-3-1;;1-5(2,3)4;/h1-4,6H2;;(H3,1,2,3,4);/q;+1;;-1. The van der Waals surface area contributed by atoms with E-state index in [-0.39, 0.29) is 40.7 Å². The molecular formula is C4H14NaO5PSi. The topological polar surface area (TPSA) is 87.0 Å². The van der Waals surface area contributed by atoms with Gasteiger partial charge in [0.25, 0.3) is 0 Å². The Morgan fingerprint density at radius 2 is 1.83 bits per heavy atom. The van der Waals surface area contributed by atoms with Crippen LogP contribution in [0.1, 0.15) is 14.3 Å². The Balaban J connectivity index is -0.000000136. The van der Waals surface area contributed by atoms with Crippen LogP contribution in [0.3, 0.4) is 0 Å². The van der Waals surface area contributed by atoms with Crippen molar-refractivity contribution in [1.82, 2.24) is 0 Å². The smallest absolute Gasteiger partial charge is 1.00 e. The Bertz CT molecular complexity index is 121. The molecule has 3 N–H and O–H groups in total. The van der Waals surface area contributed by atoms with Crippen LogP contribution in [0, 0.1) is 0 Å². The molecule has 0 aromatic heterocycles. The van der Waals surface area contributed by atoms with Crippen molar-refractivity contribution in [2.45, 2.75) is 18.9 Å². The number of hydrogen-bond donors (Lipinski definition) is 3. The molecule has 0 amide bonds. The quantitative estimate of drug-likeness (QED) is 0.293. The maximum absolute atomic E-state index is 8.88. The Morgan fingerprint density at radius 3 is 1.92 bits per heavy atom. The summed E-state index contributed by atoms with van der Waals surface area (Å²) in [6.45, 7) is 1.06. The second-order valence-corrected chi connectivity index (χ2v) is 4.74. The van der Waals surface area contributed by atoms with E-state index in [9.17, 15) is 0 Å². The fourth-order valence-corrected chi connectivity index (χ4v) is 1.86. The molecule has 1 saturated heterocycles. The largest absolute Gasteiger partial charge is 1.00 e. The van der Waals surface area contributed by atoms with E-state index in [2.05, 4.69) is 0 Å². The number of hydrogen-bond acceptors (Lipinski definition) is 2. The third-order valence-electron chi connectivity index (χ3n) is 1.08. The van der Waals surface area contributed by atoms with Gasteiger partial charge in [0.2, 0.25) is 0 Å². The van der Waals surface area contributed by atoms with Gasteiger partial charge in [-0.3, -0.25) is 0 Å². The van der Waals surface area contributed by atoms with E-state index in [1.54, 1.807) is 0 Å². The van der Waals surface area contributed by atoms with E-state index in [1.807, 2.05) is 0 Å². The van der Waals surface area contributed by atoms with E-state index in [1.165, 1.54) is 18.9 Å². The third kappa shape index (κ3) is 22.5. The first kappa shape index (κ1) is 15.7. The van der Waals surface area contributed by atoms with E-state index in [0.29, 0.717) is 0 Å². The fraction of sp³-hybridized carbons (Fsp3) is 1.00. The Labute approximate surface area is 97.5 Å². The molecule has 1 aliphatic rings. The van der Waals surface area contributed by atoms with E-state index < -0.39 is 7.82 Å². The van der Waals surface area contributed by atoms with E-state index in [4.69, 9.17) is 23.7 Å². The van der Waals surface area contributed by atoms with Crippen LogP contribution in [0.15, 0.2) is 0 Å². The van der Waals surface area contributed by atoms with Crippen molar-refractivity contribution in [3.63, 3.8) is 0 Å². The van der Waals surface area contributed by atoms with Crippen molar-refractivity contribution >= 4 is 17.6 Å². The molecule has 1 aliphatic heterocycles. The maximum Gasteiger partial charge on any atom is 1.00 e. The fourth-order valence-electron chi connectivity index (χ4n) is 0.687. The van der Waals surface area contributed by atoms with Gasteiger partial charge in [-0.1, -0.05) is 6.42 Å².